The van der Waals surface area contributed by atoms with Gasteiger partial charge in [-0.25, -0.2) is 4.98 Å². The van der Waals surface area contributed by atoms with Crippen molar-refractivity contribution in [2.45, 2.75) is 24.8 Å². The molecule has 6 nitrogen and oxygen atoms in total. The van der Waals surface area contributed by atoms with E-state index in [1.807, 2.05) is 24.5 Å². The first-order valence-corrected chi connectivity index (χ1v) is 7.74. The number of hydrogen-bond donors (Lipinski definition) is 1. The molecule has 1 saturated heterocycles. The van der Waals surface area contributed by atoms with Gasteiger partial charge in [0.2, 0.25) is 11.8 Å². The van der Waals surface area contributed by atoms with E-state index < -0.39 is 0 Å². The minimum absolute atomic E-state index is 0.0492. The summed E-state index contributed by atoms with van der Waals surface area (Å²) in [5.41, 5.74) is 0.357. The highest BCUT2D eigenvalue weighted by atomic mass is 16.5. The molecular formula is C17H21N3O3. The Morgan fingerprint density at radius 3 is 2.78 bits per heavy atom. The first kappa shape index (κ1) is 15.6. The maximum Gasteiger partial charge on any atom is 0.237 e. The lowest BCUT2D eigenvalue weighted by Crippen LogP contribution is -2.42. The van der Waals surface area contributed by atoms with Gasteiger partial charge < -0.3 is 19.4 Å². The zero-order valence-corrected chi connectivity index (χ0v) is 13.2. The summed E-state index contributed by atoms with van der Waals surface area (Å²) in [4.78, 5) is 16.7. The van der Waals surface area contributed by atoms with E-state index in [4.69, 9.17) is 9.47 Å². The fourth-order valence-electron chi connectivity index (χ4n) is 3.07. The van der Waals surface area contributed by atoms with Gasteiger partial charge in [0.05, 0.1) is 19.1 Å². The summed E-state index contributed by atoms with van der Waals surface area (Å²) < 4.78 is 12.8. The highest BCUT2D eigenvalue weighted by Gasteiger charge is 2.36. The van der Waals surface area contributed by atoms with E-state index >= 15 is 0 Å². The number of aromatic nitrogens is 2. The molecule has 0 spiro atoms. The van der Waals surface area contributed by atoms with Gasteiger partial charge in [-0.05, 0) is 37.1 Å². The molecule has 1 fully saturated rings. The Labute approximate surface area is 135 Å². The van der Waals surface area contributed by atoms with Gasteiger partial charge in [0.15, 0.2) is 0 Å². The lowest BCUT2D eigenvalue weighted by Gasteiger charge is -2.38. The summed E-state index contributed by atoms with van der Waals surface area (Å²) in [5.74, 6) is 0.370. The highest BCUT2D eigenvalue weighted by molar-refractivity contribution is 5.92. The van der Waals surface area contributed by atoms with Crippen LogP contribution in [0, 0.1) is 0 Å². The molecule has 23 heavy (non-hydrogen) atoms. The van der Waals surface area contributed by atoms with E-state index in [0.29, 0.717) is 31.2 Å². The van der Waals surface area contributed by atoms with Crippen LogP contribution in [0.15, 0.2) is 42.9 Å². The largest absolute Gasteiger partial charge is 0.480 e. The molecule has 3 rings (SSSR count). The summed E-state index contributed by atoms with van der Waals surface area (Å²) in [6.07, 6.45) is 7.70. The average Bonchev–Trinajstić information content (AvgIpc) is 3.11. The predicted molar refractivity (Wildman–Crippen MR) is 86.5 cm³/mol. The average molecular weight is 315 g/mol. The van der Waals surface area contributed by atoms with E-state index in [1.165, 1.54) is 7.11 Å². The number of nitrogens with zero attached hydrogens (tertiary/aromatic N) is 2. The standard InChI is InChI=1S/C17H21N3O3/c1-22-16-14(5-4-8-18-16)19-15(21)13-17(6-11-23-12-7-17)20-9-2-3-10-20/h2-5,8-10H,6-7,11-13H2,1H3,(H,19,21). The smallest absolute Gasteiger partial charge is 0.237 e. The highest BCUT2D eigenvalue weighted by Crippen LogP contribution is 2.33. The molecular weight excluding hydrogens is 294 g/mol. The number of anilines is 1. The van der Waals surface area contributed by atoms with Crippen molar-refractivity contribution in [3.05, 3.63) is 42.9 Å². The van der Waals surface area contributed by atoms with E-state index in [1.54, 1.807) is 18.3 Å². The van der Waals surface area contributed by atoms with Crippen molar-refractivity contribution in [3.8, 4) is 5.88 Å². The van der Waals surface area contributed by atoms with Crippen molar-refractivity contribution in [2.24, 2.45) is 0 Å². The van der Waals surface area contributed by atoms with Crippen molar-refractivity contribution in [1.29, 1.82) is 0 Å². The molecule has 122 valence electrons. The summed E-state index contributed by atoms with van der Waals surface area (Å²) >= 11 is 0. The number of pyridine rings is 1. The monoisotopic (exact) mass is 315 g/mol. The van der Waals surface area contributed by atoms with Gasteiger partial charge in [-0.1, -0.05) is 0 Å². The third kappa shape index (κ3) is 3.37. The fraction of sp³-hybridized carbons (Fsp3) is 0.412. The van der Waals surface area contributed by atoms with Crippen LogP contribution >= 0.6 is 0 Å². The third-order valence-corrected chi connectivity index (χ3v) is 4.30. The van der Waals surface area contributed by atoms with Crippen LogP contribution in [0.5, 0.6) is 5.88 Å². The van der Waals surface area contributed by atoms with Crippen molar-refractivity contribution in [1.82, 2.24) is 9.55 Å². The Bertz CT molecular complexity index is 649. The SMILES string of the molecule is COc1ncccc1NC(=O)CC1(n2cccc2)CCOCC1. The molecule has 0 bridgehead atoms. The Hall–Kier alpha value is -2.34. The zero-order valence-electron chi connectivity index (χ0n) is 13.2. The first-order valence-electron chi connectivity index (χ1n) is 7.74. The van der Waals surface area contributed by atoms with Crippen LogP contribution in [0.4, 0.5) is 5.69 Å². The molecule has 0 unspecified atom stereocenters. The molecule has 1 amide bonds. The van der Waals surface area contributed by atoms with E-state index in [9.17, 15) is 4.79 Å². The lowest BCUT2D eigenvalue weighted by molar-refractivity contribution is -0.119. The van der Waals surface area contributed by atoms with E-state index in [2.05, 4.69) is 14.9 Å². The van der Waals surface area contributed by atoms with Crippen LogP contribution in [0.2, 0.25) is 0 Å². The van der Waals surface area contributed by atoms with Crippen molar-refractivity contribution < 1.29 is 14.3 Å². The van der Waals surface area contributed by atoms with Crippen molar-refractivity contribution in [2.75, 3.05) is 25.6 Å². The molecule has 0 aliphatic carbocycles. The van der Waals surface area contributed by atoms with Gasteiger partial charge in [-0.15, -0.1) is 0 Å². The van der Waals surface area contributed by atoms with Gasteiger partial charge in [-0.2, -0.15) is 0 Å². The normalized spacial score (nSPS) is 16.7. The van der Waals surface area contributed by atoms with E-state index in [0.717, 1.165) is 12.8 Å². The molecule has 0 saturated carbocycles. The zero-order chi connectivity index (χ0) is 16.1. The summed E-state index contributed by atoms with van der Waals surface area (Å²) in [6.45, 7) is 1.34. The van der Waals surface area contributed by atoms with Crippen molar-refractivity contribution in [3.63, 3.8) is 0 Å². The number of amides is 1. The Balaban J connectivity index is 1.76. The molecule has 1 aliphatic heterocycles. The second kappa shape index (κ2) is 6.83. The minimum atomic E-state index is -0.235. The maximum absolute atomic E-state index is 12.6. The summed E-state index contributed by atoms with van der Waals surface area (Å²) in [5, 5.41) is 2.91. The molecule has 1 aliphatic rings. The number of nitrogens with one attached hydrogen (secondary N) is 1. The number of hydrogen-bond acceptors (Lipinski definition) is 4. The van der Waals surface area contributed by atoms with Gasteiger partial charge in [0.25, 0.3) is 0 Å². The Morgan fingerprint density at radius 1 is 1.35 bits per heavy atom. The molecule has 2 aromatic rings. The van der Waals surface area contributed by atoms with E-state index in [-0.39, 0.29) is 11.4 Å². The number of methoxy groups -OCH3 is 1. The quantitative estimate of drug-likeness (QED) is 0.920. The minimum Gasteiger partial charge on any atom is -0.480 e. The Morgan fingerprint density at radius 2 is 2.09 bits per heavy atom. The Kier molecular flexibility index (Phi) is 4.62. The van der Waals surface area contributed by atoms with Gasteiger partial charge in [-0.3, -0.25) is 4.79 Å². The van der Waals surface area contributed by atoms with Gasteiger partial charge >= 0.3 is 0 Å². The van der Waals surface area contributed by atoms with Crippen LogP contribution in [-0.2, 0) is 15.1 Å². The molecule has 0 radical (unpaired) electrons. The molecule has 0 aromatic carbocycles. The number of rotatable bonds is 5. The molecule has 3 heterocycles. The van der Waals surface area contributed by atoms with Crippen molar-refractivity contribution >= 4 is 11.6 Å². The molecule has 2 aromatic heterocycles. The third-order valence-electron chi connectivity index (χ3n) is 4.30. The van der Waals surface area contributed by atoms with Crippen LogP contribution in [0.1, 0.15) is 19.3 Å². The summed E-state index contributed by atoms with van der Waals surface area (Å²) in [6, 6.07) is 7.53. The topological polar surface area (TPSA) is 65.4 Å². The van der Waals surface area contributed by atoms with Crippen LogP contribution in [0.25, 0.3) is 0 Å². The summed E-state index contributed by atoms with van der Waals surface area (Å²) in [7, 11) is 1.54. The number of ether oxygens (including phenoxy) is 2. The molecule has 1 N–H and O–H groups in total. The number of carbonyl (C=O) groups excluding carboxylic acids is 1. The van der Waals surface area contributed by atoms with Crippen LogP contribution in [0.3, 0.4) is 0 Å². The van der Waals surface area contributed by atoms with Gasteiger partial charge in [0.1, 0.15) is 5.69 Å². The van der Waals surface area contributed by atoms with Crippen LogP contribution in [-0.4, -0.2) is 35.8 Å². The predicted octanol–water partition coefficient (Wildman–Crippen LogP) is 2.43. The first-order chi connectivity index (χ1) is 11.2. The second-order valence-corrected chi connectivity index (χ2v) is 5.71. The fourth-order valence-corrected chi connectivity index (χ4v) is 3.07. The maximum atomic E-state index is 12.6. The molecule has 6 heteroatoms. The van der Waals surface area contributed by atoms with Crippen LogP contribution < -0.4 is 10.1 Å². The second-order valence-electron chi connectivity index (χ2n) is 5.71. The molecule has 0 atom stereocenters. The number of carbonyl (C=O) groups is 1. The lowest BCUT2D eigenvalue weighted by atomic mass is 9.86. The van der Waals surface area contributed by atoms with Gasteiger partial charge in [0, 0.05) is 31.8 Å².